The lowest BCUT2D eigenvalue weighted by molar-refractivity contribution is -0.138. The molecule has 0 saturated carbocycles. The van der Waals surface area contributed by atoms with E-state index in [-0.39, 0.29) is 21.2 Å². The summed E-state index contributed by atoms with van der Waals surface area (Å²) in [5.41, 5.74) is -1.40. The topological polar surface area (TPSA) is 25.8 Å². The van der Waals surface area contributed by atoms with Gasteiger partial charge in [-0.1, -0.05) is 23.4 Å². The molecule has 0 atom stereocenters. The molecule has 102 valence electrons. The van der Waals surface area contributed by atoms with Gasteiger partial charge in [-0.2, -0.15) is 13.2 Å². The Labute approximate surface area is 122 Å². The highest BCUT2D eigenvalue weighted by Crippen LogP contribution is 2.40. The van der Waals surface area contributed by atoms with Crippen LogP contribution < -0.4 is 0 Å². The first-order valence-electron chi connectivity index (χ1n) is 4.72. The third kappa shape index (κ3) is 2.66. The number of nitrogens with zero attached hydrogens (tertiary/aromatic N) is 2. The van der Waals surface area contributed by atoms with Gasteiger partial charge >= 0.3 is 6.18 Å². The molecule has 0 bridgehead atoms. The summed E-state index contributed by atoms with van der Waals surface area (Å²) in [7, 11) is 0. The van der Waals surface area contributed by atoms with Crippen molar-refractivity contribution in [2.45, 2.75) is 11.3 Å². The molecule has 0 aliphatic heterocycles. The first kappa shape index (κ1) is 14.8. The zero-order valence-electron chi connectivity index (χ0n) is 9.15. The van der Waals surface area contributed by atoms with E-state index in [4.69, 9.17) is 11.6 Å². The highest BCUT2D eigenvalue weighted by Gasteiger charge is 2.35. The number of rotatable bonds is 1. The Balaban J connectivity index is 2.88. The van der Waals surface area contributed by atoms with Gasteiger partial charge in [0.2, 0.25) is 0 Å². The van der Waals surface area contributed by atoms with E-state index >= 15 is 0 Å². The van der Waals surface area contributed by atoms with Gasteiger partial charge in [0.15, 0.2) is 11.0 Å². The van der Waals surface area contributed by atoms with Crippen molar-refractivity contribution in [1.29, 1.82) is 0 Å². The second-order valence-electron chi connectivity index (χ2n) is 3.45. The van der Waals surface area contributed by atoms with Crippen molar-refractivity contribution < 1.29 is 17.6 Å². The van der Waals surface area contributed by atoms with Gasteiger partial charge in [-0.25, -0.2) is 14.4 Å². The number of alkyl halides is 3. The van der Waals surface area contributed by atoms with Crippen LogP contribution in [0.4, 0.5) is 17.6 Å². The maximum atomic E-state index is 14.0. The summed E-state index contributed by atoms with van der Waals surface area (Å²) in [6, 6.07) is 0.731. The fourth-order valence-corrected chi connectivity index (χ4v) is 2.61. The maximum absolute atomic E-state index is 14.0. The fourth-order valence-electron chi connectivity index (χ4n) is 1.45. The van der Waals surface area contributed by atoms with E-state index < -0.39 is 22.0 Å². The van der Waals surface area contributed by atoms with Crippen molar-refractivity contribution >= 4 is 50.2 Å². The number of benzene rings is 1. The van der Waals surface area contributed by atoms with Gasteiger partial charge in [-0.3, -0.25) is 0 Å². The Hall–Kier alpha value is -0.600. The van der Waals surface area contributed by atoms with Crippen LogP contribution in [0.3, 0.4) is 0 Å². The van der Waals surface area contributed by atoms with Crippen LogP contribution in [0.2, 0.25) is 5.15 Å². The van der Waals surface area contributed by atoms with Crippen LogP contribution in [0.25, 0.3) is 10.9 Å². The average molecular weight is 376 g/mol. The zero-order chi connectivity index (χ0) is 14.4. The minimum atomic E-state index is -4.70. The van der Waals surface area contributed by atoms with Crippen LogP contribution in [0, 0.1) is 5.82 Å². The third-order valence-corrected chi connectivity index (χ3v) is 3.90. The molecule has 9 heteroatoms. The first-order valence-corrected chi connectivity index (χ1v) is 7.11. The van der Waals surface area contributed by atoms with Crippen molar-refractivity contribution in [3.05, 3.63) is 27.1 Å². The molecule has 2 aromatic rings. The van der Waals surface area contributed by atoms with Gasteiger partial charge in [0, 0.05) is 5.39 Å². The van der Waals surface area contributed by atoms with Crippen molar-refractivity contribution in [2.24, 2.45) is 0 Å². The molecule has 2 rings (SSSR count). The van der Waals surface area contributed by atoms with Gasteiger partial charge in [-0.05, 0) is 28.3 Å². The van der Waals surface area contributed by atoms with Crippen LogP contribution in [0.15, 0.2) is 15.7 Å². The normalized spacial score (nSPS) is 12.2. The quantitative estimate of drug-likeness (QED) is 0.306. The van der Waals surface area contributed by atoms with Crippen molar-refractivity contribution in [3.8, 4) is 0 Å². The summed E-state index contributed by atoms with van der Waals surface area (Å²) in [5.74, 6) is -1.11. The monoisotopic (exact) mass is 374 g/mol. The maximum Gasteiger partial charge on any atom is 0.417 e. The van der Waals surface area contributed by atoms with E-state index in [2.05, 4.69) is 25.9 Å². The Morgan fingerprint density at radius 1 is 1.32 bits per heavy atom. The van der Waals surface area contributed by atoms with Crippen LogP contribution >= 0.6 is 39.3 Å². The standard InChI is InChI=1S/C10H4BrClF4N2S/c1-19-9-17-7-3(8(12)18-9)2-4(10(14,15)16)5(11)6(7)13/h2H,1H3. The molecule has 1 aromatic carbocycles. The average Bonchev–Trinajstić information content (AvgIpc) is 2.32. The van der Waals surface area contributed by atoms with Crippen molar-refractivity contribution in [3.63, 3.8) is 0 Å². The Morgan fingerprint density at radius 2 is 1.95 bits per heavy atom. The molecule has 19 heavy (non-hydrogen) atoms. The molecule has 0 fully saturated rings. The molecule has 0 unspecified atom stereocenters. The smallest absolute Gasteiger partial charge is 0.219 e. The summed E-state index contributed by atoms with van der Waals surface area (Å²) < 4.78 is 51.5. The van der Waals surface area contributed by atoms with Gasteiger partial charge in [0.25, 0.3) is 0 Å². The third-order valence-electron chi connectivity index (χ3n) is 2.29. The van der Waals surface area contributed by atoms with E-state index in [1.54, 1.807) is 6.26 Å². The van der Waals surface area contributed by atoms with Crippen LogP contribution in [0.5, 0.6) is 0 Å². The predicted octanol–water partition coefficient (Wildman–Crippen LogP) is 4.93. The van der Waals surface area contributed by atoms with Crippen molar-refractivity contribution in [1.82, 2.24) is 9.97 Å². The zero-order valence-corrected chi connectivity index (χ0v) is 12.3. The molecule has 0 aliphatic rings. The highest BCUT2D eigenvalue weighted by atomic mass is 79.9. The first-order chi connectivity index (χ1) is 8.75. The van der Waals surface area contributed by atoms with E-state index in [0.717, 1.165) is 17.8 Å². The Bertz CT molecular complexity index is 662. The van der Waals surface area contributed by atoms with Gasteiger partial charge in [-0.15, -0.1) is 0 Å². The molecule has 0 saturated heterocycles. The number of halogens is 6. The van der Waals surface area contributed by atoms with Gasteiger partial charge < -0.3 is 0 Å². The molecule has 1 aromatic heterocycles. The van der Waals surface area contributed by atoms with E-state index in [9.17, 15) is 17.6 Å². The SMILES string of the molecule is CSc1nc(Cl)c2cc(C(F)(F)F)c(Br)c(F)c2n1. The lowest BCUT2D eigenvalue weighted by atomic mass is 10.1. The molecule has 0 N–H and O–H groups in total. The molecule has 1 heterocycles. The largest absolute Gasteiger partial charge is 0.417 e. The molecule has 2 nitrogen and oxygen atoms in total. The number of thioether (sulfide) groups is 1. The number of hydrogen-bond donors (Lipinski definition) is 0. The fraction of sp³-hybridized carbons (Fsp3) is 0.200. The molecule has 0 radical (unpaired) electrons. The summed E-state index contributed by atoms with van der Waals surface area (Å²) in [6.07, 6.45) is -3.05. The molecule has 0 aliphatic carbocycles. The minimum Gasteiger partial charge on any atom is -0.219 e. The lowest BCUT2D eigenvalue weighted by Crippen LogP contribution is -2.08. The number of aromatic nitrogens is 2. The second kappa shape index (κ2) is 5.06. The minimum absolute atomic E-state index is 0.174. The number of fused-ring (bicyclic) bond motifs is 1. The lowest BCUT2D eigenvalue weighted by Gasteiger charge is -2.12. The van der Waals surface area contributed by atoms with Gasteiger partial charge in [0.05, 0.1) is 10.0 Å². The van der Waals surface area contributed by atoms with E-state index in [1.165, 1.54) is 0 Å². The van der Waals surface area contributed by atoms with Crippen molar-refractivity contribution in [2.75, 3.05) is 6.26 Å². The molecule has 0 amide bonds. The van der Waals surface area contributed by atoms with Crippen LogP contribution in [0.1, 0.15) is 5.56 Å². The number of hydrogen-bond acceptors (Lipinski definition) is 3. The van der Waals surface area contributed by atoms with E-state index in [0.29, 0.717) is 0 Å². The summed E-state index contributed by atoms with van der Waals surface area (Å²) >= 11 is 9.49. The molecule has 0 spiro atoms. The summed E-state index contributed by atoms with van der Waals surface area (Å²) in [5, 5.41) is -0.207. The second-order valence-corrected chi connectivity index (χ2v) is 5.37. The van der Waals surface area contributed by atoms with E-state index in [1.807, 2.05) is 0 Å². The van der Waals surface area contributed by atoms with Crippen LogP contribution in [-0.2, 0) is 6.18 Å². The van der Waals surface area contributed by atoms with Gasteiger partial charge in [0.1, 0.15) is 10.7 Å². The summed E-state index contributed by atoms with van der Waals surface area (Å²) in [4.78, 5) is 7.61. The molecular formula is C10H4BrClF4N2S. The highest BCUT2D eigenvalue weighted by molar-refractivity contribution is 9.10. The predicted molar refractivity (Wildman–Crippen MR) is 69.0 cm³/mol. The Morgan fingerprint density at radius 3 is 2.47 bits per heavy atom. The Kier molecular flexibility index (Phi) is 3.95. The van der Waals surface area contributed by atoms with Crippen LogP contribution in [-0.4, -0.2) is 16.2 Å². The summed E-state index contributed by atoms with van der Waals surface area (Å²) in [6.45, 7) is 0. The molecular weight excluding hydrogens is 372 g/mol.